The van der Waals surface area contributed by atoms with Crippen molar-refractivity contribution in [1.82, 2.24) is 4.90 Å². The maximum absolute atomic E-state index is 9.59. The van der Waals surface area contributed by atoms with E-state index in [1.807, 2.05) is 25.1 Å². The molecule has 8 nitrogen and oxygen atoms in total. The molecule has 1 unspecified atom stereocenters. The number of methoxy groups -OCH3 is 3. The highest BCUT2D eigenvalue weighted by atomic mass is 16.7. The Morgan fingerprint density at radius 3 is 2.36 bits per heavy atom. The molecule has 3 rings (SSSR count). The van der Waals surface area contributed by atoms with Gasteiger partial charge in [0.15, 0.2) is 24.0 Å². The molecule has 0 saturated heterocycles. The second-order valence-corrected chi connectivity index (χ2v) is 8.04. The number of fused-ring (bicyclic) bond motifs is 1. The van der Waals surface area contributed by atoms with Crippen LogP contribution < -0.4 is 15.2 Å². The van der Waals surface area contributed by atoms with Crippen molar-refractivity contribution in [2.45, 2.75) is 38.1 Å². The summed E-state index contributed by atoms with van der Waals surface area (Å²) in [7, 11) is 4.69. The first-order chi connectivity index (χ1) is 16.0. The maximum Gasteiger partial charge on any atom is 0.204 e. The first-order valence-corrected chi connectivity index (χ1v) is 10.9. The fourth-order valence-corrected chi connectivity index (χ4v) is 3.94. The fraction of sp³-hybridized carbons (Fsp3) is 0.440. The molecule has 33 heavy (non-hydrogen) atoms. The van der Waals surface area contributed by atoms with E-state index in [-0.39, 0.29) is 24.5 Å². The molecule has 1 atom stereocenters. The van der Waals surface area contributed by atoms with Crippen LogP contribution in [0.1, 0.15) is 29.5 Å². The minimum atomic E-state index is -0.510. The van der Waals surface area contributed by atoms with E-state index in [0.29, 0.717) is 18.0 Å². The van der Waals surface area contributed by atoms with Gasteiger partial charge in [-0.05, 0) is 28.8 Å². The SMILES string of the molecule is COc1ccc(C(C)CN(C#N)C(N)=NCC(OC)OC)cc1OC1Cc2ccccc2C1. The first-order valence-electron chi connectivity index (χ1n) is 10.9. The number of hydrogen-bond acceptors (Lipinski definition) is 6. The van der Waals surface area contributed by atoms with Crippen LogP contribution in [0, 0.1) is 11.5 Å². The second-order valence-electron chi connectivity index (χ2n) is 8.04. The van der Waals surface area contributed by atoms with Crippen LogP contribution in [0.15, 0.2) is 47.5 Å². The highest BCUT2D eigenvalue weighted by Crippen LogP contribution is 2.34. The third-order valence-electron chi connectivity index (χ3n) is 5.85. The van der Waals surface area contributed by atoms with Gasteiger partial charge in [0, 0.05) is 39.5 Å². The van der Waals surface area contributed by atoms with Crippen molar-refractivity contribution in [2.75, 3.05) is 34.4 Å². The molecule has 0 heterocycles. The smallest absolute Gasteiger partial charge is 0.204 e. The van der Waals surface area contributed by atoms with E-state index in [4.69, 9.17) is 24.7 Å². The zero-order valence-electron chi connectivity index (χ0n) is 19.7. The number of nitriles is 1. The lowest BCUT2D eigenvalue weighted by atomic mass is 10.00. The van der Waals surface area contributed by atoms with E-state index in [1.165, 1.54) is 30.2 Å². The number of benzene rings is 2. The first kappa shape index (κ1) is 24.4. The van der Waals surface area contributed by atoms with Crippen molar-refractivity contribution < 1.29 is 18.9 Å². The molecule has 0 aromatic heterocycles. The summed E-state index contributed by atoms with van der Waals surface area (Å²) in [6.07, 6.45) is 3.41. The summed E-state index contributed by atoms with van der Waals surface area (Å²) < 4.78 is 22.1. The number of nitrogens with zero attached hydrogens (tertiary/aromatic N) is 3. The van der Waals surface area contributed by atoms with Gasteiger partial charge in [0.05, 0.1) is 13.7 Å². The van der Waals surface area contributed by atoms with E-state index < -0.39 is 6.29 Å². The predicted molar refractivity (Wildman–Crippen MR) is 126 cm³/mol. The van der Waals surface area contributed by atoms with E-state index in [1.54, 1.807) is 7.11 Å². The molecule has 8 heteroatoms. The van der Waals surface area contributed by atoms with Gasteiger partial charge in [-0.2, -0.15) is 5.26 Å². The molecular formula is C25H32N4O4. The molecule has 0 bridgehead atoms. The molecule has 176 valence electrons. The number of hydrogen-bond donors (Lipinski definition) is 1. The monoisotopic (exact) mass is 452 g/mol. The lowest BCUT2D eigenvalue weighted by Gasteiger charge is -2.22. The second kappa shape index (κ2) is 11.5. The molecule has 2 aromatic rings. The summed E-state index contributed by atoms with van der Waals surface area (Å²) in [6.45, 7) is 2.61. The average molecular weight is 453 g/mol. The molecule has 0 saturated carbocycles. The zero-order valence-corrected chi connectivity index (χ0v) is 19.7. The van der Waals surface area contributed by atoms with Crippen LogP contribution >= 0.6 is 0 Å². The van der Waals surface area contributed by atoms with Crippen molar-refractivity contribution in [3.8, 4) is 17.7 Å². The minimum Gasteiger partial charge on any atom is -0.493 e. The number of rotatable bonds is 10. The van der Waals surface area contributed by atoms with Gasteiger partial charge >= 0.3 is 0 Å². The molecule has 2 N–H and O–H groups in total. The van der Waals surface area contributed by atoms with E-state index in [2.05, 4.69) is 35.5 Å². The lowest BCUT2D eigenvalue weighted by Crippen LogP contribution is -2.37. The van der Waals surface area contributed by atoms with Crippen LogP contribution in [-0.2, 0) is 22.3 Å². The molecule has 0 spiro atoms. The van der Waals surface area contributed by atoms with E-state index >= 15 is 0 Å². The largest absolute Gasteiger partial charge is 0.493 e. The summed E-state index contributed by atoms with van der Waals surface area (Å²) in [6, 6.07) is 14.3. The molecule has 0 aliphatic heterocycles. The highest BCUT2D eigenvalue weighted by Gasteiger charge is 2.24. The standard InChI is InChI=1S/C25H32N4O4/c1-17(15-29(16-26)25(27)28-14-24(31-3)32-4)18-9-10-22(30-2)23(13-18)33-21-11-19-7-5-6-8-20(19)12-21/h5-10,13,17,21,24H,11-12,14-15H2,1-4H3,(H2,27,28). The van der Waals surface area contributed by atoms with Crippen LogP contribution in [0.4, 0.5) is 0 Å². The van der Waals surface area contributed by atoms with Gasteiger partial charge in [-0.15, -0.1) is 0 Å². The molecule has 1 aliphatic rings. The Bertz CT molecular complexity index is 975. The Hall–Kier alpha value is -3.28. The van der Waals surface area contributed by atoms with Crippen molar-refractivity contribution in [3.63, 3.8) is 0 Å². The summed E-state index contributed by atoms with van der Waals surface area (Å²) in [4.78, 5) is 5.59. The van der Waals surface area contributed by atoms with Gasteiger partial charge in [-0.25, -0.2) is 9.89 Å². The van der Waals surface area contributed by atoms with Crippen LogP contribution in [0.25, 0.3) is 0 Å². The lowest BCUT2D eigenvalue weighted by molar-refractivity contribution is -0.0937. The van der Waals surface area contributed by atoms with Crippen LogP contribution in [0.3, 0.4) is 0 Å². The molecule has 0 radical (unpaired) electrons. The Kier molecular flexibility index (Phi) is 8.52. The van der Waals surface area contributed by atoms with Crippen LogP contribution in [-0.4, -0.2) is 57.7 Å². The topological polar surface area (TPSA) is 102 Å². The van der Waals surface area contributed by atoms with E-state index in [0.717, 1.165) is 18.4 Å². The van der Waals surface area contributed by atoms with Crippen molar-refractivity contribution in [2.24, 2.45) is 10.7 Å². The molecule has 0 amide bonds. The molecule has 0 fully saturated rings. The van der Waals surface area contributed by atoms with E-state index in [9.17, 15) is 5.26 Å². The Morgan fingerprint density at radius 2 is 1.79 bits per heavy atom. The third kappa shape index (κ3) is 6.15. The van der Waals surface area contributed by atoms with Crippen LogP contribution in [0.2, 0.25) is 0 Å². The quantitative estimate of drug-likeness (QED) is 0.194. The highest BCUT2D eigenvalue weighted by molar-refractivity contribution is 5.79. The summed E-state index contributed by atoms with van der Waals surface area (Å²) in [5.41, 5.74) is 9.71. The Balaban J connectivity index is 1.69. The third-order valence-corrected chi connectivity index (χ3v) is 5.85. The van der Waals surface area contributed by atoms with Crippen molar-refractivity contribution in [3.05, 3.63) is 59.2 Å². The Morgan fingerprint density at radius 1 is 1.12 bits per heavy atom. The maximum atomic E-state index is 9.59. The van der Waals surface area contributed by atoms with Gasteiger partial charge in [-0.3, -0.25) is 0 Å². The number of guanidine groups is 1. The zero-order chi connectivity index (χ0) is 23.8. The summed E-state index contributed by atoms with van der Waals surface area (Å²) in [5, 5.41) is 9.59. The predicted octanol–water partition coefficient (Wildman–Crippen LogP) is 3.06. The normalized spacial score (nSPS) is 14.6. The van der Waals surface area contributed by atoms with Gasteiger partial charge in [0.25, 0.3) is 0 Å². The number of ether oxygens (including phenoxy) is 4. The Labute approximate surface area is 195 Å². The fourth-order valence-electron chi connectivity index (χ4n) is 3.94. The summed E-state index contributed by atoms with van der Waals surface area (Å²) >= 11 is 0. The van der Waals surface area contributed by atoms with Crippen molar-refractivity contribution >= 4 is 5.96 Å². The number of aliphatic imine (C=N–C) groups is 1. The van der Waals surface area contributed by atoms with Gasteiger partial charge in [0.2, 0.25) is 5.96 Å². The van der Waals surface area contributed by atoms with Crippen molar-refractivity contribution in [1.29, 1.82) is 5.26 Å². The van der Waals surface area contributed by atoms with Gasteiger partial charge < -0.3 is 24.7 Å². The van der Waals surface area contributed by atoms with Crippen LogP contribution in [0.5, 0.6) is 11.5 Å². The van der Waals surface area contributed by atoms with Gasteiger partial charge in [-0.1, -0.05) is 37.3 Å². The summed E-state index contributed by atoms with van der Waals surface area (Å²) in [5.74, 6) is 1.50. The van der Waals surface area contributed by atoms with Gasteiger partial charge in [0.1, 0.15) is 6.10 Å². The number of nitrogens with two attached hydrogens (primary N) is 1. The minimum absolute atomic E-state index is 0.00641. The average Bonchev–Trinajstić information content (AvgIpc) is 3.25. The molecule has 1 aliphatic carbocycles. The molecular weight excluding hydrogens is 420 g/mol. The molecule has 2 aromatic carbocycles.